The Morgan fingerprint density at radius 3 is 3.13 bits per heavy atom. The van der Waals surface area contributed by atoms with E-state index in [2.05, 4.69) is 17.4 Å². The Kier molecular flexibility index (Phi) is 3.59. The Morgan fingerprint density at radius 2 is 2.40 bits per heavy atom. The van der Waals surface area contributed by atoms with E-state index in [4.69, 9.17) is 10.5 Å². The highest BCUT2D eigenvalue weighted by Crippen LogP contribution is 2.17. The standard InChI is InChI=1S/C12H18N2O/c13-6-4-10-2-1-3-11(8-10)15-12-5-7-14-9-12/h1-3,8,12,14H,4-7,9,13H2. The van der Waals surface area contributed by atoms with Gasteiger partial charge < -0.3 is 15.8 Å². The van der Waals surface area contributed by atoms with Gasteiger partial charge in [-0.2, -0.15) is 0 Å². The maximum absolute atomic E-state index is 5.86. The monoisotopic (exact) mass is 206 g/mol. The first-order valence-electron chi connectivity index (χ1n) is 5.55. The molecule has 1 heterocycles. The summed E-state index contributed by atoms with van der Waals surface area (Å²) in [7, 11) is 0. The van der Waals surface area contributed by atoms with E-state index < -0.39 is 0 Å². The van der Waals surface area contributed by atoms with E-state index in [9.17, 15) is 0 Å². The van der Waals surface area contributed by atoms with Crippen LogP contribution >= 0.6 is 0 Å². The molecule has 0 spiro atoms. The lowest BCUT2D eigenvalue weighted by Crippen LogP contribution is -2.19. The molecule has 3 heteroatoms. The van der Waals surface area contributed by atoms with E-state index in [1.165, 1.54) is 5.56 Å². The van der Waals surface area contributed by atoms with Crippen LogP contribution in [0.1, 0.15) is 12.0 Å². The van der Waals surface area contributed by atoms with Crippen molar-refractivity contribution >= 4 is 0 Å². The van der Waals surface area contributed by atoms with E-state index in [0.29, 0.717) is 12.6 Å². The third-order valence-corrected chi connectivity index (χ3v) is 2.65. The van der Waals surface area contributed by atoms with Gasteiger partial charge in [0.15, 0.2) is 0 Å². The first kappa shape index (κ1) is 10.5. The molecule has 2 rings (SSSR count). The van der Waals surface area contributed by atoms with Crippen LogP contribution in [0.25, 0.3) is 0 Å². The second-order valence-electron chi connectivity index (χ2n) is 3.92. The second kappa shape index (κ2) is 5.14. The molecule has 15 heavy (non-hydrogen) atoms. The van der Waals surface area contributed by atoms with Crippen molar-refractivity contribution in [3.8, 4) is 5.75 Å². The predicted octanol–water partition coefficient (Wildman–Crippen LogP) is 0.928. The molecule has 0 saturated carbocycles. The first-order chi connectivity index (χ1) is 7.38. The molecule has 1 fully saturated rings. The molecular weight excluding hydrogens is 188 g/mol. The van der Waals surface area contributed by atoms with E-state index in [0.717, 1.165) is 31.7 Å². The molecule has 1 saturated heterocycles. The minimum absolute atomic E-state index is 0.332. The summed E-state index contributed by atoms with van der Waals surface area (Å²) in [4.78, 5) is 0. The zero-order chi connectivity index (χ0) is 10.5. The summed E-state index contributed by atoms with van der Waals surface area (Å²) >= 11 is 0. The van der Waals surface area contributed by atoms with Crippen LogP contribution < -0.4 is 15.8 Å². The maximum atomic E-state index is 5.86. The molecule has 1 aliphatic heterocycles. The number of rotatable bonds is 4. The van der Waals surface area contributed by atoms with Crippen LogP contribution in [0, 0.1) is 0 Å². The minimum Gasteiger partial charge on any atom is -0.489 e. The van der Waals surface area contributed by atoms with Crippen molar-refractivity contribution in [2.75, 3.05) is 19.6 Å². The highest BCUT2D eigenvalue weighted by atomic mass is 16.5. The fourth-order valence-electron chi connectivity index (χ4n) is 1.86. The topological polar surface area (TPSA) is 47.3 Å². The maximum Gasteiger partial charge on any atom is 0.120 e. The number of hydrogen-bond donors (Lipinski definition) is 2. The normalized spacial score (nSPS) is 20.5. The lowest BCUT2D eigenvalue weighted by atomic mass is 10.1. The van der Waals surface area contributed by atoms with Crippen molar-refractivity contribution in [1.82, 2.24) is 5.32 Å². The van der Waals surface area contributed by atoms with Crippen molar-refractivity contribution in [1.29, 1.82) is 0 Å². The van der Waals surface area contributed by atoms with Crippen LogP contribution in [-0.2, 0) is 6.42 Å². The van der Waals surface area contributed by atoms with Gasteiger partial charge in [-0.3, -0.25) is 0 Å². The summed E-state index contributed by atoms with van der Waals surface area (Å²) in [6.45, 7) is 2.71. The number of hydrogen-bond acceptors (Lipinski definition) is 3. The highest BCUT2D eigenvalue weighted by molar-refractivity contribution is 5.29. The summed E-state index contributed by atoms with van der Waals surface area (Å²) in [5.41, 5.74) is 6.77. The van der Waals surface area contributed by atoms with Crippen LogP contribution in [-0.4, -0.2) is 25.7 Å². The van der Waals surface area contributed by atoms with Gasteiger partial charge in [0.1, 0.15) is 11.9 Å². The smallest absolute Gasteiger partial charge is 0.120 e. The fraction of sp³-hybridized carbons (Fsp3) is 0.500. The average molecular weight is 206 g/mol. The fourth-order valence-corrected chi connectivity index (χ4v) is 1.86. The van der Waals surface area contributed by atoms with Crippen molar-refractivity contribution in [3.63, 3.8) is 0 Å². The highest BCUT2D eigenvalue weighted by Gasteiger charge is 2.15. The molecule has 1 aliphatic rings. The van der Waals surface area contributed by atoms with Gasteiger partial charge >= 0.3 is 0 Å². The zero-order valence-electron chi connectivity index (χ0n) is 8.91. The summed E-state index contributed by atoms with van der Waals surface area (Å²) in [6, 6.07) is 8.22. The van der Waals surface area contributed by atoms with Crippen molar-refractivity contribution in [2.45, 2.75) is 18.9 Å². The molecule has 82 valence electrons. The molecule has 0 aliphatic carbocycles. The van der Waals surface area contributed by atoms with Crippen LogP contribution in [0.15, 0.2) is 24.3 Å². The van der Waals surface area contributed by atoms with Crippen LogP contribution in [0.2, 0.25) is 0 Å². The number of ether oxygens (including phenoxy) is 1. The van der Waals surface area contributed by atoms with E-state index in [1.807, 2.05) is 12.1 Å². The zero-order valence-corrected chi connectivity index (χ0v) is 8.91. The van der Waals surface area contributed by atoms with Gasteiger partial charge in [-0.25, -0.2) is 0 Å². The van der Waals surface area contributed by atoms with Gasteiger partial charge in [0.25, 0.3) is 0 Å². The van der Waals surface area contributed by atoms with Gasteiger partial charge in [-0.05, 0) is 43.6 Å². The van der Waals surface area contributed by atoms with Crippen molar-refractivity contribution < 1.29 is 4.74 Å². The summed E-state index contributed by atoms with van der Waals surface area (Å²) in [5, 5.41) is 3.29. The molecule has 0 amide bonds. The molecule has 1 unspecified atom stereocenters. The number of nitrogens with one attached hydrogen (secondary N) is 1. The van der Waals surface area contributed by atoms with Crippen LogP contribution in [0.5, 0.6) is 5.75 Å². The van der Waals surface area contributed by atoms with Gasteiger partial charge in [-0.15, -0.1) is 0 Å². The van der Waals surface area contributed by atoms with Gasteiger partial charge in [0, 0.05) is 6.54 Å². The lowest BCUT2D eigenvalue weighted by Gasteiger charge is -2.13. The Labute approximate surface area is 90.6 Å². The minimum atomic E-state index is 0.332. The van der Waals surface area contributed by atoms with E-state index >= 15 is 0 Å². The van der Waals surface area contributed by atoms with Gasteiger partial charge in [0.05, 0.1) is 0 Å². The van der Waals surface area contributed by atoms with Crippen LogP contribution in [0.4, 0.5) is 0 Å². The Bertz CT molecular complexity index is 308. The molecule has 0 aromatic heterocycles. The second-order valence-corrected chi connectivity index (χ2v) is 3.92. The van der Waals surface area contributed by atoms with Gasteiger partial charge in [-0.1, -0.05) is 12.1 Å². The number of benzene rings is 1. The number of nitrogens with two attached hydrogens (primary N) is 1. The summed E-state index contributed by atoms with van der Waals surface area (Å²) in [5.74, 6) is 0.967. The van der Waals surface area contributed by atoms with Crippen LogP contribution in [0.3, 0.4) is 0 Å². The third-order valence-electron chi connectivity index (χ3n) is 2.65. The Balaban J connectivity index is 1.97. The average Bonchev–Trinajstić information content (AvgIpc) is 2.71. The molecule has 1 aromatic rings. The quantitative estimate of drug-likeness (QED) is 0.770. The summed E-state index contributed by atoms with van der Waals surface area (Å²) in [6.07, 6.45) is 2.35. The molecule has 1 aromatic carbocycles. The molecule has 0 bridgehead atoms. The van der Waals surface area contributed by atoms with E-state index in [-0.39, 0.29) is 0 Å². The largest absolute Gasteiger partial charge is 0.489 e. The molecule has 1 atom stereocenters. The molecular formula is C12H18N2O. The SMILES string of the molecule is NCCc1cccc(OC2CCNC2)c1. The Hall–Kier alpha value is -1.06. The molecule has 3 nitrogen and oxygen atoms in total. The molecule has 0 radical (unpaired) electrons. The third kappa shape index (κ3) is 2.94. The Morgan fingerprint density at radius 1 is 1.47 bits per heavy atom. The lowest BCUT2D eigenvalue weighted by molar-refractivity contribution is 0.223. The van der Waals surface area contributed by atoms with Crippen molar-refractivity contribution in [3.05, 3.63) is 29.8 Å². The van der Waals surface area contributed by atoms with E-state index in [1.54, 1.807) is 0 Å². The first-order valence-corrected chi connectivity index (χ1v) is 5.55. The van der Waals surface area contributed by atoms with Crippen molar-refractivity contribution in [2.24, 2.45) is 5.73 Å². The molecule has 3 N–H and O–H groups in total. The summed E-state index contributed by atoms with van der Waals surface area (Å²) < 4.78 is 5.86. The predicted molar refractivity (Wildman–Crippen MR) is 61.1 cm³/mol. The van der Waals surface area contributed by atoms with Gasteiger partial charge in [0.2, 0.25) is 0 Å².